The van der Waals surface area contributed by atoms with E-state index in [-0.39, 0.29) is 5.60 Å². The topological polar surface area (TPSA) is 47.0 Å². The van der Waals surface area contributed by atoms with Crippen LogP contribution in [0.2, 0.25) is 0 Å². The van der Waals surface area contributed by atoms with Gasteiger partial charge in [-0.2, -0.15) is 0 Å². The van der Waals surface area contributed by atoms with Crippen molar-refractivity contribution in [1.29, 1.82) is 0 Å². The number of aromatic nitrogens is 2. The van der Waals surface area contributed by atoms with Gasteiger partial charge < -0.3 is 10.1 Å². The van der Waals surface area contributed by atoms with Crippen LogP contribution in [0.15, 0.2) is 12.3 Å². The van der Waals surface area contributed by atoms with Crippen LogP contribution in [0.4, 0.5) is 0 Å². The summed E-state index contributed by atoms with van der Waals surface area (Å²) in [4.78, 5) is 7.91. The first-order chi connectivity index (χ1) is 6.39. The van der Waals surface area contributed by atoms with Crippen molar-refractivity contribution in [1.82, 2.24) is 15.3 Å². The van der Waals surface area contributed by atoms with Crippen molar-refractivity contribution in [3.05, 3.63) is 24.3 Å². The molecule has 0 aliphatic carbocycles. The fourth-order valence-electron chi connectivity index (χ4n) is 2.12. The fourth-order valence-corrected chi connectivity index (χ4v) is 2.12. The average Bonchev–Trinajstić information content (AvgIpc) is 2.80. The van der Waals surface area contributed by atoms with Crippen molar-refractivity contribution >= 4 is 0 Å². The molecule has 0 aromatic carbocycles. The molecule has 3 heterocycles. The molecule has 13 heavy (non-hydrogen) atoms. The summed E-state index contributed by atoms with van der Waals surface area (Å²) >= 11 is 0. The first-order valence-electron chi connectivity index (χ1n) is 4.46. The van der Waals surface area contributed by atoms with Crippen molar-refractivity contribution in [2.24, 2.45) is 0 Å². The number of rotatable bonds is 1. The summed E-state index contributed by atoms with van der Waals surface area (Å²) in [5.74, 6) is 0. The Hall–Kier alpha value is -1.00. The Labute approximate surface area is 76.3 Å². The molecule has 67 valence electrons. The minimum Gasteiger partial charge on any atom is -0.366 e. The predicted molar refractivity (Wildman–Crippen MR) is 44.9 cm³/mol. The molecule has 2 bridgehead atoms. The summed E-state index contributed by atoms with van der Waals surface area (Å²) in [5.41, 5.74) is 0.763. The molecule has 2 aliphatic heterocycles. The number of nitrogens with one attached hydrogen (secondary N) is 1. The van der Waals surface area contributed by atoms with Gasteiger partial charge in [0.1, 0.15) is 5.60 Å². The molecule has 1 aromatic heterocycles. The van der Waals surface area contributed by atoms with Crippen LogP contribution in [0.1, 0.15) is 12.1 Å². The highest BCUT2D eigenvalue weighted by Gasteiger charge is 2.48. The second-order valence-electron chi connectivity index (χ2n) is 3.63. The molecule has 4 nitrogen and oxygen atoms in total. The Balaban J connectivity index is 2.00. The van der Waals surface area contributed by atoms with Crippen LogP contribution in [0.5, 0.6) is 0 Å². The number of hydrogen-bond donors (Lipinski definition) is 1. The third kappa shape index (κ3) is 0.990. The number of morpholine rings is 1. The Morgan fingerprint density at radius 3 is 3.23 bits per heavy atom. The van der Waals surface area contributed by atoms with E-state index in [9.17, 15) is 0 Å². The first kappa shape index (κ1) is 7.41. The fraction of sp³-hybridized carbons (Fsp3) is 0.556. The smallest absolute Gasteiger partial charge is 0.198 e. The monoisotopic (exact) mass is 176 g/mol. The van der Waals surface area contributed by atoms with Gasteiger partial charge in [-0.15, -0.1) is 0 Å². The third-order valence-corrected chi connectivity index (χ3v) is 2.82. The van der Waals surface area contributed by atoms with E-state index in [1.54, 1.807) is 6.20 Å². The van der Waals surface area contributed by atoms with Crippen LogP contribution in [-0.2, 0) is 10.3 Å². The maximum atomic E-state index is 5.75. The lowest BCUT2D eigenvalue weighted by Gasteiger charge is -2.25. The van der Waals surface area contributed by atoms with Crippen LogP contribution >= 0.6 is 0 Å². The lowest BCUT2D eigenvalue weighted by Crippen LogP contribution is -2.37. The minimum absolute atomic E-state index is 0.190. The highest BCUT2D eigenvalue weighted by Crippen LogP contribution is 2.38. The molecule has 1 radical (unpaired) electrons. The van der Waals surface area contributed by atoms with Gasteiger partial charge in [-0.3, -0.25) is 0 Å². The zero-order valence-electron chi connectivity index (χ0n) is 7.16. The number of nitrogens with zero attached hydrogens (tertiary/aromatic N) is 2. The molecule has 1 aromatic rings. The molecule has 2 fully saturated rings. The van der Waals surface area contributed by atoms with Gasteiger partial charge in [-0.25, -0.2) is 9.97 Å². The van der Waals surface area contributed by atoms with Gasteiger partial charge in [0, 0.05) is 25.2 Å². The van der Waals surface area contributed by atoms with Gasteiger partial charge in [0.25, 0.3) is 0 Å². The number of fused-ring (bicyclic) bond motifs is 2. The van der Waals surface area contributed by atoms with Gasteiger partial charge in [0.15, 0.2) is 6.33 Å². The average molecular weight is 176 g/mol. The third-order valence-electron chi connectivity index (χ3n) is 2.82. The van der Waals surface area contributed by atoms with Gasteiger partial charge in [0.2, 0.25) is 0 Å². The Bertz CT molecular complexity index is 306. The van der Waals surface area contributed by atoms with Crippen LogP contribution in [-0.4, -0.2) is 29.2 Å². The van der Waals surface area contributed by atoms with Gasteiger partial charge in [-0.1, -0.05) is 0 Å². The van der Waals surface area contributed by atoms with Crippen LogP contribution in [0, 0.1) is 6.33 Å². The van der Waals surface area contributed by atoms with E-state index < -0.39 is 0 Å². The van der Waals surface area contributed by atoms with Gasteiger partial charge >= 0.3 is 0 Å². The second-order valence-corrected chi connectivity index (χ2v) is 3.63. The number of ether oxygens (including phenoxy) is 1. The normalized spacial score (nSPS) is 36.8. The Morgan fingerprint density at radius 2 is 2.69 bits per heavy atom. The molecule has 4 heteroatoms. The highest BCUT2D eigenvalue weighted by atomic mass is 16.5. The van der Waals surface area contributed by atoms with Crippen LogP contribution in [0.25, 0.3) is 0 Å². The Morgan fingerprint density at radius 1 is 1.69 bits per heavy atom. The van der Waals surface area contributed by atoms with Crippen LogP contribution < -0.4 is 5.32 Å². The van der Waals surface area contributed by atoms with Crippen molar-refractivity contribution < 1.29 is 4.74 Å². The van der Waals surface area contributed by atoms with E-state index in [0.717, 1.165) is 25.3 Å². The summed E-state index contributed by atoms with van der Waals surface area (Å²) in [7, 11) is 0. The van der Waals surface area contributed by atoms with Crippen molar-refractivity contribution in [3.63, 3.8) is 0 Å². The van der Waals surface area contributed by atoms with E-state index >= 15 is 0 Å². The van der Waals surface area contributed by atoms with Crippen molar-refractivity contribution in [2.75, 3.05) is 13.2 Å². The molecule has 2 saturated heterocycles. The van der Waals surface area contributed by atoms with Crippen molar-refractivity contribution in [3.8, 4) is 0 Å². The minimum atomic E-state index is -0.190. The molecule has 0 spiro atoms. The standard InChI is InChI=1S/C9H10N3O/c1-2-10-6-12-8(1)9-3-7(4-13-9)11-5-9/h1-2,7,11H,3-5H2. The highest BCUT2D eigenvalue weighted by molar-refractivity contribution is 5.17. The van der Waals surface area contributed by atoms with E-state index in [4.69, 9.17) is 4.74 Å². The summed E-state index contributed by atoms with van der Waals surface area (Å²) < 4.78 is 5.75. The SMILES string of the molecule is [c]1nccc(C23CNC(CO2)C3)n1. The molecule has 2 aliphatic rings. The maximum Gasteiger partial charge on any atom is 0.198 e. The quantitative estimate of drug-likeness (QED) is 0.647. The zero-order valence-corrected chi connectivity index (χ0v) is 7.16. The maximum absolute atomic E-state index is 5.75. The molecular weight excluding hydrogens is 166 g/mol. The van der Waals surface area contributed by atoms with Crippen molar-refractivity contribution in [2.45, 2.75) is 18.1 Å². The first-order valence-corrected chi connectivity index (χ1v) is 4.46. The summed E-state index contributed by atoms with van der Waals surface area (Å²) in [6, 6.07) is 2.42. The molecule has 3 rings (SSSR count). The molecule has 0 amide bonds. The van der Waals surface area contributed by atoms with E-state index in [1.165, 1.54) is 0 Å². The summed E-state index contributed by atoms with van der Waals surface area (Å²) in [5, 5.41) is 3.40. The van der Waals surface area contributed by atoms with E-state index in [1.807, 2.05) is 6.07 Å². The number of hydrogen-bond acceptors (Lipinski definition) is 4. The zero-order chi connectivity index (χ0) is 8.73. The lowest BCUT2D eigenvalue weighted by atomic mass is 9.98. The Kier molecular flexibility index (Phi) is 1.42. The van der Waals surface area contributed by atoms with E-state index in [0.29, 0.717) is 6.04 Å². The summed E-state index contributed by atoms with van der Waals surface area (Å²) in [6.07, 6.45) is 5.35. The van der Waals surface area contributed by atoms with Gasteiger partial charge in [0.05, 0.1) is 12.3 Å². The molecule has 2 atom stereocenters. The van der Waals surface area contributed by atoms with Gasteiger partial charge in [-0.05, 0) is 6.07 Å². The second kappa shape index (κ2) is 2.49. The largest absolute Gasteiger partial charge is 0.366 e. The van der Waals surface area contributed by atoms with Crippen LogP contribution in [0.3, 0.4) is 0 Å². The predicted octanol–water partition coefficient (Wildman–Crippen LogP) is -0.136. The molecule has 0 saturated carbocycles. The summed E-state index contributed by atoms with van der Waals surface area (Å²) in [6.45, 7) is 1.66. The molecular formula is C9H10N3O. The molecule has 2 unspecified atom stereocenters. The van der Waals surface area contributed by atoms with E-state index in [2.05, 4.69) is 21.6 Å². The molecule has 1 N–H and O–H groups in total. The lowest BCUT2D eigenvalue weighted by molar-refractivity contribution is -0.0129.